The Morgan fingerprint density at radius 3 is 2.35 bits per heavy atom. The Balaban J connectivity index is 1.54. The average Bonchev–Trinajstić information content (AvgIpc) is 2.58. The first-order valence-electron chi connectivity index (χ1n) is 8.02. The van der Waals surface area contributed by atoms with Gasteiger partial charge in [0.1, 0.15) is 5.75 Å². The van der Waals surface area contributed by atoms with Gasteiger partial charge in [0.05, 0.1) is 0 Å². The second-order valence-electron chi connectivity index (χ2n) is 5.93. The van der Waals surface area contributed by atoms with Gasteiger partial charge in [-0.2, -0.15) is 0 Å². The molecule has 0 radical (unpaired) electrons. The largest absolute Gasteiger partial charge is 0.415 e. The zero-order valence-corrected chi connectivity index (χ0v) is 13.4. The molecule has 1 aliphatic rings. The van der Waals surface area contributed by atoms with E-state index in [4.69, 9.17) is 4.74 Å². The minimum absolute atomic E-state index is 0.262. The zero-order valence-electron chi connectivity index (χ0n) is 13.4. The summed E-state index contributed by atoms with van der Waals surface area (Å²) in [6, 6.07) is 20.0. The number of nitrogens with zero attached hydrogens (tertiary/aromatic N) is 2. The fourth-order valence-electron chi connectivity index (χ4n) is 2.87. The van der Waals surface area contributed by atoms with Gasteiger partial charge in [-0.15, -0.1) is 0 Å². The monoisotopic (exact) mass is 310 g/mol. The maximum absolute atomic E-state index is 12.3. The Hall–Kier alpha value is -2.33. The number of hydrogen-bond acceptors (Lipinski definition) is 3. The number of benzene rings is 2. The van der Waals surface area contributed by atoms with Crippen molar-refractivity contribution in [2.75, 3.05) is 19.6 Å². The van der Waals surface area contributed by atoms with Crippen LogP contribution >= 0.6 is 0 Å². The number of rotatable bonds is 3. The Morgan fingerprint density at radius 2 is 1.70 bits per heavy atom. The molecule has 1 amide bonds. The molecule has 3 rings (SSSR count). The van der Waals surface area contributed by atoms with Crippen molar-refractivity contribution in [3.8, 4) is 5.75 Å². The molecule has 1 saturated heterocycles. The highest BCUT2D eigenvalue weighted by Gasteiger charge is 2.27. The van der Waals surface area contributed by atoms with Crippen molar-refractivity contribution in [1.82, 2.24) is 9.80 Å². The fourth-order valence-corrected chi connectivity index (χ4v) is 2.87. The lowest BCUT2D eigenvalue weighted by Crippen LogP contribution is -2.53. The molecule has 120 valence electrons. The van der Waals surface area contributed by atoms with Crippen molar-refractivity contribution < 1.29 is 9.53 Å². The Morgan fingerprint density at radius 1 is 1.04 bits per heavy atom. The van der Waals surface area contributed by atoms with E-state index in [1.54, 1.807) is 17.0 Å². The summed E-state index contributed by atoms with van der Waals surface area (Å²) in [5.41, 5.74) is 1.31. The van der Waals surface area contributed by atoms with Crippen molar-refractivity contribution in [1.29, 1.82) is 0 Å². The van der Waals surface area contributed by atoms with Crippen molar-refractivity contribution >= 4 is 6.09 Å². The van der Waals surface area contributed by atoms with Crippen LogP contribution in [0, 0.1) is 0 Å². The van der Waals surface area contributed by atoms with Crippen LogP contribution in [0.4, 0.5) is 4.79 Å². The maximum atomic E-state index is 12.3. The number of piperazine rings is 1. The minimum Gasteiger partial charge on any atom is -0.410 e. The van der Waals surface area contributed by atoms with Crippen LogP contribution in [-0.2, 0) is 6.54 Å². The SMILES string of the molecule is CC1CN(C(=O)Oc2ccccc2)CCN1Cc1ccccc1. The van der Waals surface area contributed by atoms with Crippen molar-refractivity contribution in [3.63, 3.8) is 0 Å². The van der Waals surface area contributed by atoms with Gasteiger partial charge in [-0.1, -0.05) is 48.5 Å². The third-order valence-electron chi connectivity index (χ3n) is 4.20. The standard InChI is InChI=1S/C19H22N2O2/c1-16-14-21(19(22)23-18-10-6-3-7-11-18)13-12-20(16)15-17-8-4-2-5-9-17/h2-11,16H,12-15H2,1H3. The highest BCUT2D eigenvalue weighted by Crippen LogP contribution is 2.16. The summed E-state index contributed by atoms with van der Waals surface area (Å²) in [6.45, 7) is 5.33. The topological polar surface area (TPSA) is 32.8 Å². The average molecular weight is 310 g/mol. The van der Waals surface area contributed by atoms with E-state index < -0.39 is 0 Å². The lowest BCUT2D eigenvalue weighted by atomic mass is 10.1. The summed E-state index contributed by atoms with van der Waals surface area (Å²) in [5, 5.41) is 0. The van der Waals surface area contributed by atoms with Gasteiger partial charge in [0.25, 0.3) is 0 Å². The van der Waals surface area contributed by atoms with Crippen LogP contribution < -0.4 is 4.74 Å². The van der Waals surface area contributed by atoms with Gasteiger partial charge in [0.15, 0.2) is 0 Å². The maximum Gasteiger partial charge on any atom is 0.415 e. The molecule has 1 unspecified atom stereocenters. The first kappa shape index (κ1) is 15.6. The van der Waals surface area contributed by atoms with E-state index in [0.29, 0.717) is 24.9 Å². The highest BCUT2D eigenvalue weighted by molar-refractivity contribution is 5.70. The van der Waals surface area contributed by atoms with Gasteiger partial charge >= 0.3 is 6.09 Å². The van der Waals surface area contributed by atoms with Crippen LogP contribution in [0.15, 0.2) is 60.7 Å². The van der Waals surface area contributed by atoms with E-state index in [-0.39, 0.29) is 6.09 Å². The Kier molecular flexibility index (Phi) is 4.93. The fraction of sp³-hybridized carbons (Fsp3) is 0.316. The first-order chi connectivity index (χ1) is 11.2. The molecule has 0 bridgehead atoms. The molecule has 0 aliphatic carbocycles. The van der Waals surface area contributed by atoms with E-state index in [2.05, 4.69) is 36.1 Å². The third-order valence-corrected chi connectivity index (χ3v) is 4.20. The quantitative estimate of drug-likeness (QED) is 0.871. The van der Waals surface area contributed by atoms with Crippen molar-refractivity contribution in [3.05, 3.63) is 66.2 Å². The lowest BCUT2D eigenvalue weighted by molar-refractivity contribution is 0.0747. The number of hydrogen-bond donors (Lipinski definition) is 0. The molecule has 4 heteroatoms. The zero-order chi connectivity index (χ0) is 16.1. The molecule has 4 nitrogen and oxygen atoms in total. The van der Waals surface area contributed by atoms with Crippen LogP contribution in [0.25, 0.3) is 0 Å². The Labute approximate surface area is 137 Å². The summed E-state index contributed by atoms with van der Waals surface area (Å²) in [6.07, 6.45) is -0.262. The molecule has 2 aromatic carbocycles. The molecule has 1 atom stereocenters. The van der Waals surface area contributed by atoms with Crippen LogP contribution in [0.1, 0.15) is 12.5 Å². The minimum atomic E-state index is -0.262. The van der Waals surface area contributed by atoms with Crippen molar-refractivity contribution in [2.24, 2.45) is 0 Å². The van der Waals surface area contributed by atoms with Crippen LogP contribution in [0.2, 0.25) is 0 Å². The number of amides is 1. The molecular formula is C19H22N2O2. The Bertz CT molecular complexity index is 630. The molecule has 0 spiro atoms. The summed E-state index contributed by atoms with van der Waals surface area (Å²) in [4.78, 5) is 16.5. The van der Waals surface area contributed by atoms with Gasteiger partial charge in [-0.25, -0.2) is 4.79 Å². The van der Waals surface area contributed by atoms with Gasteiger partial charge in [0, 0.05) is 32.2 Å². The van der Waals surface area contributed by atoms with Crippen LogP contribution in [0.3, 0.4) is 0 Å². The normalized spacial score (nSPS) is 18.7. The number of carbonyl (C=O) groups is 1. The molecule has 1 heterocycles. The molecule has 2 aromatic rings. The van der Waals surface area contributed by atoms with Gasteiger partial charge in [-0.3, -0.25) is 4.90 Å². The van der Waals surface area contributed by atoms with E-state index >= 15 is 0 Å². The molecule has 0 saturated carbocycles. The molecular weight excluding hydrogens is 288 g/mol. The molecule has 0 N–H and O–H groups in total. The second kappa shape index (κ2) is 7.29. The number of ether oxygens (including phenoxy) is 1. The predicted octanol–water partition coefficient (Wildman–Crippen LogP) is 3.39. The molecule has 0 aromatic heterocycles. The van der Waals surface area contributed by atoms with Gasteiger partial charge in [-0.05, 0) is 24.6 Å². The van der Waals surface area contributed by atoms with E-state index in [1.165, 1.54) is 5.56 Å². The van der Waals surface area contributed by atoms with E-state index in [0.717, 1.165) is 13.1 Å². The van der Waals surface area contributed by atoms with Crippen molar-refractivity contribution in [2.45, 2.75) is 19.5 Å². The summed E-state index contributed by atoms with van der Waals surface area (Å²) < 4.78 is 5.42. The van der Waals surface area contributed by atoms with E-state index in [9.17, 15) is 4.79 Å². The lowest BCUT2D eigenvalue weighted by Gasteiger charge is -2.39. The van der Waals surface area contributed by atoms with Crippen LogP contribution in [0.5, 0.6) is 5.75 Å². The van der Waals surface area contributed by atoms with Crippen LogP contribution in [-0.4, -0.2) is 41.6 Å². The second-order valence-corrected chi connectivity index (χ2v) is 5.93. The molecule has 23 heavy (non-hydrogen) atoms. The summed E-state index contributed by atoms with van der Waals surface area (Å²) in [7, 11) is 0. The molecule has 1 aliphatic heterocycles. The smallest absolute Gasteiger partial charge is 0.410 e. The number of carbonyl (C=O) groups excluding carboxylic acids is 1. The third kappa shape index (κ3) is 4.11. The number of para-hydroxylation sites is 1. The summed E-state index contributed by atoms with van der Waals surface area (Å²) in [5.74, 6) is 0.594. The van der Waals surface area contributed by atoms with E-state index in [1.807, 2.05) is 24.3 Å². The first-order valence-corrected chi connectivity index (χ1v) is 8.02. The predicted molar refractivity (Wildman–Crippen MR) is 90.4 cm³/mol. The van der Waals surface area contributed by atoms with Gasteiger partial charge in [0.2, 0.25) is 0 Å². The highest BCUT2D eigenvalue weighted by atomic mass is 16.6. The molecule has 1 fully saturated rings. The van der Waals surface area contributed by atoms with Gasteiger partial charge < -0.3 is 9.64 Å². The summed E-state index contributed by atoms with van der Waals surface area (Å²) >= 11 is 0.